The molecule has 0 aromatic heterocycles. The third-order valence-electron chi connectivity index (χ3n) is 6.17. The third-order valence-corrected chi connectivity index (χ3v) is 6.17. The Bertz CT molecular complexity index is 444. The lowest BCUT2D eigenvalue weighted by atomic mass is 10.0. The van der Waals surface area contributed by atoms with Gasteiger partial charge in [-0.05, 0) is 46.1 Å². The van der Waals surface area contributed by atoms with Gasteiger partial charge in [0.15, 0.2) is 5.96 Å². The number of hydrogen-bond donors (Lipinski definition) is 1. The number of ether oxygens (including phenoxy) is 1. The molecule has 3 rings (SSSR count). The highest BCUT2D eigenvalue weighted by molar-refractivity contribution is 14.0. The van der Waals surface area contributed by atoms with Gasteiger partial charge in [-0.3, -0.25) is 9.89 Å². The molecule has 0 bridgehead atoms. The number of nitrogens with zero attached hydrogens (tertiary/aromatic N) is 4. The monoisotopic (exact) mass is 493 g/mol. The minimum Gasteiger partial charge on any atom is -0.379 e. The second kappa shape index (κ2) is 12.4. The molecule has 2 unspecified atom stereocenters. The van der Waals surface area contributed by atoms with E-state index in [2.05, 4.69) is 33.9 Å². The zero-order chi connectivity index (χ0) is 18.2. The van der Waals surface area contributed by atoms with Crippen molar-refractivity contribution in [2.45, 2.75) is 58.0 Å². The van der Waals surface area contributed by atoms with E-state index in [1.54, 1.807) is 0 Å². The number of piperidine rings is 1. The van der Waals surface area contributed by atoms with Crippen molar-refractivity contribution in [3.63, 3.8) is 0 Å². The molecule has 1 N–H and O–H groups in total. The summed E-state index contributed by atoms with van der Waals surface area (Å²) in [4.78, 5) is 12.7. The molecule has 3 fully saturated rings. The fraction of sp³-hybridized carbons (Fsp3) is 0.950. The Morgan fingerprint density at radius 2 is 1.93 bits per heavy atom. The Morgan fingerprint density at radius 1 is 1.11 bits per heavy atom. The van der Waals surface area contributed by atoms with Crippen LogP contribution in [0.4, 0.5) is 0 Å². The van der Waals surface area contributed by atoms with Crippen LogP contribution in [0.3, 0.4) is 0 Å². The highest BCUT2D eigenvalue weighted by Crippen LogP contribution is 2.18. The van der Waals surface area contributed by atoms with Crippen LogP contribution in [0.5, 0.6) is 0 Å². The number of rotatable bonds is 6. The maximum absolute atomic E-state index is 5.50. The first-order valence-corrected chi connectivity index (χ1v) is 10.9. The molecule has 3 aliphatic rings. The van der Waals surface area contributed by atoms with Gasteiger partial charge in [-0.2, -0.15) is 0 Å². The average molecular weight is 493 g/mol. The van der Waals surface area contributed by atoms with Gasteiger partial charge in [0.25, 0.3) is 0 Å². The van der Waals surface area contributed by atoms with Gasteiger partial charge >= 0.3 is 0 Å². The molecule has 0 radical (unpaired) electrons. The Kier molecular flexibility index (Phi) is 10.7. The second-order valence-corrected chi connectivity index (χ2v) is 8.01. The van der Waals surface area contributed by atoms with Crippen LogP contribution in [-0.2, 0) is 4.74 Å². The fourth-order valence-corrected chi connectivity index (χ4v) is 4.55. The van der Waals surface area contributed by atoms with Crippen LogP contribution in [0, 0.1) is 0 Å². The SMILES string of the molecule is CCNC(=NCCCN1CCCCC1C)N1CCC(N2CCOCC2)C1.I. The number of aliphatic imine (C=N–C) groups is 1. The largest absolute Gasteiger partial charge is 0.379 e. The third kappa shape index (κ3) is 7.01. The summed E-state index contributed by atoms with van der Waals surface area (Å²) in [7, 11) is 0. The number of hydrogen-bond acceptors (Lipinski definition) is 4. The molecule has 6 nitrogen and oxygen atoms in total. The molecule has 0 saturated carbocycles. The maximum Gasteiger partial charge on any atom is 0.193 e. The summed E-state index contributed by atoms with van der Waals surface area (Å²) in [5, 5.41) is 3.51. The Hall–Kier alpha value is -0.120. The predicted molar refractivity (Wildman–Crippen MR) is 123 cm³/mol. The standard InChI is InChI=1S/C20H39N5O.HI/c1-3-21-20(22-9-6-11-23-10-5-4-7-18(23)2)25-12-8-19(17-25)24-13-15-26-16-14-24;/h18-19H,3-17H2,1-2H3,(H,21,22);1H. The molecule has 27 heavy (non-hydrogen) atoms. The first-order chi connectivity index (χ1) is 12.8. The van der Waals surface area contributed by atoms with Crippen molar-refractivity contribution in [1.82, 2.24) is 20.0 Å². The molecule has 0 spiro atoms. The van der Waals surface area contributed by atoms with Gasteiger partial charge in [-0.25, -0.2) is 0 Å². The smallest absolute Gasteiger partial charge is 0.193 e. The zero-order valence-corrected chi connectivity index (χ0v) is 19.7. The van der Waals surface area contributed by atoms with Crippen LogP contribution in [0.15, 0.2) is 4.99 Å². The van der Waals surface area contributed by atoms with Crippen molar-refractivity contribution in [3.8, 4) is 0 Å². The van der Waals surface area contributed by atoms with E-state index in [0.29, 0.717) is 6.04 Å². The molecular weight excluding hydrogens is 453 g/mol. The van der Waals surface area contributed by atoms with E-state index in [-0.39, 0.29) is 24.0 Å². The lowest BCUT2D eigenvalue weighted by molar-refractivity contribution is 0.0195. The van der Waals surface area contributed by atoms with Crippen molar-refractivity contribution < 1.29 is 4.74 Å². The quantitative estimate of drug-likeness (QED) is 0.266. The molecule has 0 aromatic carbocycles. The van der Waals surface area contributed by atoms with Crippen LogP contribution in [-0.4, -0.2) is 98.3 Å². The van der Waals surface area contributed by atoms with E-state index < -0.39 is 0 Å². The topological polar surface area (TPSA) is 43.3 Å². The van der Waals surface area contributed by atoms with Crippen molar-refractivity contribution >= 4 is 29.9 Å². The molecular formula is C20H40IN5O. The van der Waals surface area contributed by atoms with Crippen LogP contribution < -0.4 is 5.32 Å². The van der Waals surface area contributed by atoms with E-state index in [1.165, 1.54) is 45.2 Å². The van der Waals surface area contributed by atoms with Gasteiger partial charge < -0.3 is 19.9 Å². The summed E-state index contributed by atoms with van der Waals surface area (Å²) in [5.41, 5.74) is 0. The maximum atomic E-state index is 5.50. The van der Waals surface area contributed by atoms with Gasteiger partial charge in [-0.1, -0.05) is 6.42 Å². The van der Waals surface area contributed by atoms with Crippen molar-refractivity contribution in [1.29, 1.82) is 0 Å². The van der Waals surface area contributed by atoms with Gasteiger partial charge in [0.2, 0.25) is 0 Å². The highest BCUT2D eigenvalue weighted by atomic mass is 127. The van der Waals surface area contributed by atoms with E-state index in [4.69, 9.17) is 9.73 Å². The predicted octanol–water partition coefficient (Wildman–Crippen LogP) is 2.24. The molecule has 3 heterocycles. The minimum atomic E-state index is 0. The van der Waals surface area contributed by atoms with E-state index in [1.807, 2.05) is 0 Å². The van der Waals surface area contributed by atoms with Crippen LogP contribution in [0.25, 0.3) is 0 Å². The molecule has 3 saturated heterocycles. The summed E-state index contributed by atoms with van der Waals surface area (Å²) in [5.74, 6) is 1.12. The Balaban J connectivity index is 0.00000261. The van der Waals surface area contributed by atoms with Crippen molar-refractivity contribution in [2.24, 2.45) is 4.99 Å². The first-order valence-electron chi connectivity index (χ1n) is 10.9. The summed E-state index contributed by atoms with van der Waals surface area (Å²) in [6.45, 7) is 15.1. The summed E-state index contributed by atoms with van der Waals surface area (Å²) in [6.07, 6.45) is 6.55. The number of guanidine groups is 1. The fourth-order valence-electron chi connectivity index (χ4n) is 4.55. The van der Waals surface area contributed by atoms with Gasteiger partial charge in [0.1, 0.15) is 0 Å². The van der Waals surface area contributed by atoms with Crippen LogP contribution in [0.1, 0.15) is 46.0 Å². The highest BCUT2D eigenvalue weighted by Gasteiger charge is 2.30. The van der Waals surface area contributed by atoms with E-state index in [9.17, 15) is 0 Å². The van der Waals surface area contributed by atoms with Crippen LogP contribution in [0.2, 0.25) is 0 Å². The summed E-state index contributed by atoms with van der Waals surface area (Å²) >= 11 is 0. The van der Waals surface area contributed by atoms with Gasteiger partial charge in [0.05, 0.1) is 13.2 Å². The lowest BCUT2D eigenvalue weighted by Gasteiger charge is -2.33. The van der Waals surface area contributed by atoms with E-state index in [0.717, 1.165) is 64.5 Å². The number of nitrogens with one attached hydrogen (secondary N) is 1. The molecule has 0 aromatic rings. The lowest BCUT2D eigenvalue weighted by Crippen LogP contribution is -2.46. The normalized spacial score (nSPS) is 28.2. The zero-order valence-electron chi connectivity index (χ0n) is 17.4. The average Bonchev–Trinajstić information content (AvgIpc) is 3.16. The molecule has 0 amide bonds. The van der Waals surface area contributed by atoms with Crippen molar-refractivity contribution in [3.05, 3.63) is 0 Å². The van der Waals surface area contributed by atoms with Crippen LogP contribution >= 0.6 is 24.0 Å². The minimum absolute atomic E-state index is 0. The Labute approximate surface area is 183 Å². The van der Waals surface area contributed by atoms with Crippen molar-refractivity contribution in [2.75, 3.05) is 65.6 Å². The number of halogens is 1. The number of likely N-dealkylation sites (tertiary alicyclic amines) is 2. The molecule has 3 aliphatic heterocycles. The Morgan fingerprint density at radius 3 is 2.67 bits per heavy atom. The van der Waals surface area contributed by atoms with Gasteiger partial charge in [-0.15, -0.1) is 24.0 Å². The molecule has 0 aliphatic carbocycles. The van der Waals surface area contributed by atoms with E-state index >= 15 is 0 Å². The van der Waals surface area contributed by atoms with Gasteiger partial charge in [0, 0.05) is 57.9 Å². The second-order valence-electron chi connectivity index (χ2n) is 8.01. The molecule has 7 heteroatoms. The molecule has 2 atom stereocenters. The first kappa shape index (κ1) is 23.2. The number of morpholine rings is 1. The summed E-state index contributed by atoms with van der Waals surface area (Å²) < 4.78 is 5.50. The summed E-state index contributed by atoms with van der Waals surface area (Å²) in [6, 6.07) is 1.42. The molecule has 158 valence electrons.